The number of hydrogen-bond donors (Lipinski definition) is 0. The number of ether oxygens (including phenoxy) is 1. The molecule has 0 unspecified atom stereocenters. The van der Waals surface area contributed by atoms with E-state index in [1.165, 1.54) is 0 Å². The minimum absolute atomic E-state index is 0.0322. The summed E-state index contributed by atoms with van der Waals surface area (Å²) in [6, 6.07) is 0. The maximum Gasteiger partial charge on any atom is 0.259 e. The highest BCUT2D eigenvalue weighted by Crippen LogP contribution is 2.46. The van der Waals surface area contributed by atoms with Gasteiger partial charge in [0.1, 0.15) is 11.3 Å². The molecule has 0 aromatic carbocycles. The molecule has 0 saturated carbocycles. The molecule has 2 fully saturated rings. The summed E-state index contributed by atoms with van der Waals surface area (Å²) in [5.41, 5.74) is 2.30. The molecule has 4 heterocycles. The summed E-state index contributed by atoms with van der Waals surface area (Å²) in [4.78, 5) is 19.0. The van der Waals surface area contributed by atoms with Crippen LogP contribution in [0.15, 0.2) is 9.90 Å². The van der Waals surface area contributed by atoms with Gasteiger partial charge in [0.15, 0.2) is 0 Å². The molecule has 1 spiro atoms. The van der Waals surface area contributed by atoms with Crippen LogP contribution >= 0.6 is 23.1 Å². The first-order chi connectivity index (χ1) is 12.0. The predicted octanol–water partition coefficient (Wildman–Crippen LogP) is 2.97. The van der Waals surface area contributed by atoms with Crippen LogP contribution < -0.4 is 0 Å². The molecule has 2 aromatic heterocycles. The molecule has 1 atom stereocenters. The minimum atomic E-state index is 0.0322. The Labute approximate surface area is 154 Å². The molecular formula is C17H21N3O3S2. The van der Waals surface area contributed by atoms with Crippen molar-refractivity contribution in [1.29, 1.82) is 0 Å². The fourth-order valence-corrected chi connectivity index (χ4v) is 5.70. The third-order valence-electron chi connectivity index (χ3n) is 4.80. The third kappa shape index (κ3) is 3.22. The fraction of sp³-hybridized carbons (Fsp3) is 0.588. The average Bonchev–Trinajstić information content (AvgIpc) is 3.23. The van der Waals surface area contributed by atoms with Gasteiger partial charge in [0.05, 0.1) is 33.9 Å². The lowest BCUT2D eigenvalue weighted by atomic mass is 9.92. The molecule has 8 heteroatoms. The van der Waals surface area contributed by atoms with Gasteiger partial charge in [-0.25, -0.2) is 4.98 Å². The van der Waals surface area contributed by atoms with E-state index in [0.29, 0.717) is 23.6 Å². The lowest BCUT2D eigenvalue weighted by Gasteiger charge is -2.47. The van der Waals surface area contributed by atoms with Crippen molar-refractivity contribution in [3.05, 3.63) is 33.1 Å². The van der Waals surface area contributed by atoms with Gasteiger partial charge in [-0.05, 0) is 27.2 Å². The summed E-state index contributed by atoms with van der Waals surface area (Å²) in [6.07, 6.45) is 1.23. The first-order valence-electron chi connectivity index (χ1n) is 8.34. The van der Waals surface area contributed by atoms with Gasteiger partial charge in [0.2, 0.25) is 0 Å². The van der Waals surface area contributed by atoms with Gasteiger partial charge in [0.25, 0.3) is 5.91 Å². The number of aryl methyl sites for hydroxylation is 3. The van der Waals surface area contributed by atoms with E-state index in [9.17, 15) is 4.79 Å². The van der Waals surface area contributed by atoms with Crippen LogP contribution in [-0.2, 0) is 11.3 Å². The quantitative estimate of drug-likeness (QED) is 0.813. The number of likely N-dealkylation sites (tertiary alicyclic amines) is 1. The lowest BCUT2D eigenvalue weighted by Crippen LogP contribution is -2.60. The van der Waals surface area contributed by atoms with Gasteiger partial charge >= 0.3 is 0 Å². The van der Waals surface area contributed by atoms with Gasteiger partial charge in [-0.1, -0.05) is 5.16 Å². The van der Waals surface area contributed by atoms with Crippen molar-refractivity contribution in [3.8, 4) is 0 Å². The number of thioether (sulfide) groups is 1. The van der Waals surface area contributed by atoms with Crippen LogP contribution in [0.25, 0.3) is 0 Å². The van der Waals surface area contributed by atoms with Crippen LogP contribution in [0, 0.1) is 20.8 Å². The Morgan fingerprint density at radius 3 is 2.88 bits per heavy atom. The molecule has 0 radical (unpaired) electrons. The van der Waals surface area contributed by atoms with Gasteiger partial charge in [-0.15, -0.1) is 23.1 Å². The molecule has 25 heavy (non-hydrogen) atoms. The topological polar surface area (TPSA) is 68.5 Å². The van der Waals surface area contributed by atoms with E-state index in [2.05, 4.69) is 15.5 Å². The maximum atomic E-state index is 12.6. The zero-order chi connectivity index (χ0) is 17.6. The van der Waals surface area contributed by atoms with Crippen LogP contribution in [0.4, 0.5) is 0 Å². The number of carbonyl (C=O) groups is 1. The summed E-state index contributed by atoms with van der Waals surface area (Å²) in [5, 5.41) is 7.01. The van der Waals surface area contributed by atoms with Crippen molar-refractivity contribution >= 4 is 29.0 Å². The van der Waals surface area contributed by atoms with Gasteiger partial charge < -0.3 is 14.2 Å². The number of rotatable bonds is 4. The molecule has 2 aromatic rings. The Kier molecular flexibility index (Phi) is 4.37. The highest BCUT2D eigenvalue weighted by molar-refractivity contribution is 8.01. The predicted molar refractivity (Wildman–Crippen MR) is 97.1 cm³/mol. The van der Waals surface area contributed by atoms with Crippen LogP contribution in [0.2, 0.25) is 0 Å². The van der Waals surface area contributed by atoms with E-state index >= 15 is 0 Å². The zero-order valence-corrected chi connectivity index (χ0v) is 16.2. The number of nitrogens with zero attached hydrogens (tertiary/aromatic N) is 3. The molecule has 2 aliphatic rings. The van der Waals surface area contributed by atoms with Crippen molar-refractivity contribution in [2.24, 2.45) is 0 Å². The molecule has 0 bridgehead atoms. The van der Waals surface area contributed by atoms with Crippen molar-refractivity contribution in [3.63, 3.8) is 0 Å². The Bertz CT molecular complexity index is 775. The molecular weight excluding hydrogens is 358 g/mol. The smallest absolute Gasteiger partial charge is 0.259 e. The largest absolute Gasteiger partial charge is 0.371 e. The van der Waals surface area contributed by atoms with Crippen LogP contribution in [0.5, 0.6) is 0 Å². The van der Waals surface area contributed by atoms with Gasteiger partial charge in [0, 0.05) is 24.2 Å². The normalized spacial score (nSPS) is 21.7. The van der Waals surface area contributed by atoms with Crippen LogP contribution in [-0.4, -0.2) is 50.6 Å². The van der Waals surface area contributed by atoms with E-state index in [4.69, 9.17) is 9.26 Å². The molecule has 0 N–H and O–H groups in total. The van der Waals surface area contributed by atoms with Gasteiger partial charge in [-0.2, -0.15) is 0 Å². The SMILES string of the molecule is Cc1nc(CO[C@@H]2CSC3(C2)CN(C(=O)c2c(C)noc2C)C3)cs1. The van der Waals surface area contributed by atoms with Crippen molar-refractivity contribution in [1.82, 2.24) is 15.0 Å². The second-order valence-electron chi connectivity index (χ2n) is 6.85. The standard InChI is InChI=1S/C17H21N3O3S2/c1-10-15(11(2)23-19-10)16(21)20-8-17(9-20)4-14(7-25-17)22-5-13-6-24-12(3)18-13/h6,14H,4-5,7-9H2,1-3H3/t14-/m0/s1. The minimum Gasteiger partial charge on any atom is -0.371 e. The van der Waals surface area contributed by atoms with Gasteiger partial charge in [-0.3, -0.25) is 4.79 Å². The summed E-state index contributed by atoms with van der Waals surface area (Å²) in [6.45, 7) is 7.73. The highest BCUT2D eigenvalue weighted by atomic mass is 32.2. The maximum absolute atomic E-state index is 12.6. The van der Waals surface area contributed by atoms with Crippen molar-refractivity contribution in [2.75, 3.05) is 18.8 Å². The van der Waals surface area contributed by atoms with E-state index in [-0.39, 0.29) is 16.8 Å². The Hall–Kier alpha value is -1.38. The van der Waals surface area contributed by atoms with Crippen LogP contribution in [0.1, 0.15) is 38.9 Å². The number of thiazole rings is 1. The monoisotopic (exact) mass is 379 g/mol. The molecule has 134 valence electrons. The number of hydrogen-bond acceptors (Lipinski definition) is 7. The summed E-state index contributed by atoms with van der Waals surface area (Å²) < 4.78 is 11.3. The number of carbonyl (C=O) groups excluding carboxylic acids is 1. The first-order valence-corrected chi connectivity index (χ1v) is 10.2. The van der Waals surface area contributed by atoms with E-state index < -0.39 is 0 Å². The van der Waals surface area contributed by atoms with Crippen molar-refractivity contribution < 1.29 is 14.1 Å². The molecule has 0 aliphatic carbocycles. The number of amides is 1. The van der Waals surface area contributed by atoms with Crippen LogP contribution in [0.3, 0.4) is 0 Å². The molecule has 4 rings (SSSR count). The molecule has 6 nitrogen and oxygen atoms in total. The Morgan fingerprint density at radius 2 is 2.24 bits per heavy atom. The molecule has 2 aliphatic heterocycles. The summed E-state index contributed by atoms with van der Waals surface area (Å²) in [5.74, 6) is 1.61. The second-order valence-corrected chi connectivity index (χ2v) is 9.40. The van der Waals surface area contributed by atoms with E-state index in [1.54, 1.807) is 18.3 Å². The fourth-order valence-electron chi connectivity index (χ4n) is 3.55. The average molecular weight is 380 g/mol. The Balaban J connectivity index is 1.30. The second kappa shape index (κ2) is 6.41. The number of aromatic nitrogens is 2. The van der Waals surface area contributed by atoms with E-state index in [0.717, 1.165) is 36.0 Å². The summed E-state index contributed by atoms with van der Waals surface area (Å²) in [7, 11) is 0. The molecule has 2 saturated heterocycles. The van der Waals surface area contributed by atoms with Crippen molar-refractivity contribution in [2.45, 2.75) is 44.6 Å². The third-order valence-corrected chi connectivity index (χ3v) is 7.20. The van der Waals surface area contributed by atoms with E-state index in [1.807, 2.05) is 30.5 Å². The molecule has 1 amide bonds. The summed E-state index contributed by atoms with van der Waals surface area (Å²) >= 11 is 3.58. The Morgan fingerprint density at radius 1 is 1.44 bits per heavy atom. The lowest BCUT2D eigenvalue weighted by molar-refractivity contribution is 0.0245. The highest BCUT2D eigenvalue weighted by Gasteiger charge is 2.51. The first kappa shape index (κ1) is 17.1. The zero-order valence-electron chi connectivity index (χ0n) is 14.6.